The zero-order chi connectivity index (χ0) is 14.6. The quantitative estimate of drug-likeness (QED) is 0.917. The number of nitrogens with zero attached hydrogens (tertiary/aromatic N) is 2. The van der Waals surface area contributed by atoms with E-state index in [4.69, 9.17) is 5.73 Å². The van der Waals surface area contributed by atoms with Crippen LogP contribution in [0.15, 0.2) is 24.3 Å². The highest BCUT2D eigenvalue weighted by Gasteiger charge is 2.35. The van der Waals surface area contributed by atoms with Crippen molar-refractivity contribution in [3.8, 4) is 0 Å². The van der Waals surface area contributed by atoms with E-state index >= 15 is 0 Å². The normalized spacial score (nSPS) is 24.4. The molecule has 3 heteroatoms. The maximum atomic E-state index is 6.22. The molecule has 1 aliphatic heterocycles. The van der Waals surface area contributed by atoms with E-state index in [9.17, 15) is 0 Å². The maximum absolute atomic E-state index is 6.22. The van der Waals surface area contributed by atoms with Crippen molar-refractivity contribution >= 4 is 5.69 Å². The summed E-state index contributed by atoms with van der Waals surface area (Å²) in [5.41, 5.74) is 8.98. The molecular weight excluding hydrogens is 246 g/mol. The van der Waals surface area contributed by atoms with Crippen LogP contribution >= 0.6 is 0 Å². The number of hydrogen-bond acceptors (Lipinski definition) is 3. The summed E-state index contributed by atoms with van der Waals surface area (Å²) >= 11 is 0. The van der Waals surface area contributed by atoms with Crippen molar-refractivity contribution in [2.24, 2.45) is 5.73 Å². The molecule has 1 saturated heterocycles. The van der Waals surface area contributed by atoms with Crippen LogP contribution in [0.1, 0.15) is 31.7 Å². The number of likely N-dealkylation sites (tertiary alicyclic amines) is 1. The summed E-state index contributed by atoms with van der Waals surface area (Å²) in [6.07, 6.45) is 3.58. The van der Waals surface area contributed by atoms with Gasteiger partial charge in [-0.15, -0.1) is 0 Å². The zero-order valence-electron chi connectivity index (χ0n) is 13.2. The van der Waals surface area contributed by atoms with Gasteiger partial charge >= 0.3 is 0 Å². The molecule has 1 aromatic carbocycles. The number of anilines is 1. The number of likely N-dealkylation sites (N-methyl/N-ethyl adjacent to an activating group) is 1. The average molecular weight is 275 g/mol. The van der Waals surface area contributed by atoms with E-state index in [1.807, 2.05) is 0 Å². The van der Waals surface area contributed by atoms with Crippen LogP contribution in [-0.4, -0.2) is 43.7 Å². The fourth-order valence-electron chi connectivity index (χ4n) is 3.42. The topological polar surface area (TPSA) is 32.5 Å². The van der Waals surface area contributed by atoms with Crippen LogP contribution in [0.4, 0.5) is 5.69 Å². The van der Waals surface area contributed by atoms with Crippen LogP contribution in [0.25, 0.3) is 0 Å². The molecule has 1 unspecified atom stereocenters. The Morgan fingerprint density at radius 1 is 1.25 bits per heavy atom. The molecule has 0 saturated carbocycles. The molecule has 0 spiro atoms. The third kappa shape index (κ3) is 2.99. The molecule has 1 atom stereocenters. The van der Waals surface area contributed by atoms with E-state index < -0.39 is 0 Å². The van der Waals surface area contributed by atoms with Crippen molar-refractivity contribution in [1.29, 1.82) is 0 Å². The summed E-state index contributed by atoms with van der Waals surface area (Å²) in [5.74, 6) is 0. The van der Waals surface area contributed by atoms with Crippen LogP contribution in [0, 0.1) is 6.92 Å². The van der Waals surface area contributed by atoms with Crippen LogP contribution in [0.3, 0.4) is 0 Å². The monoisotopic (exact) mass is 275 g/mol. The Morgan fingerprint density at radius 2 is 2.00 bits per heavy atom. The lowest BCUT2D eigenvalue weighted by atomic mass is 9.88. The lowest BCUT2D eigenvalue weighted by Gasteiger charge is -2.43. The van der Waals surface area contributed by atoms with Gasteiger partial charge in [0.15, 0.2) is 0 Å². The smallest absolute Gasteiger partial charge is 0.0533 e. The highest BCUT2D eigenvalue weighted by Crippen LogP contribution is 2.32. The van der Waals surface area contributed by atoms with Gasteiger partial charge in [0.1, 0.15) is 0 Å². The minimum absolute atomic E-state index is 0.107. The molecule has 112 valence electrons. The van der Waals surface area contributed by atoms with Crippen LogP contribution < -0.4 is 10.6 Å². The lowest BCUT2D eigenvalue weighted by molar-refractivity contribution is 0.287. The molecule has 0 aliphatic carbocycles. The summed E-state index contributed by atoms with van der Waals surface area (Å²) in [7, 11) is 2.22. The second-order valence-corrected chi connectivity index (χ2v) is 6.06. The van der Waals surface area contributed by atoms with Gasteiger partial charge in [0.2, 0.25) is 0 Å². The molecule has 0 radical (unpaired) electrons. The summed E-state index contributed by atoms with van der Waals surface area (Å²) in [4.78, 5) is 4.99. The second kappa shape index (κ2) is 6.59. The largest absolute Gasteiger partial charge is 0.367 e. The molecule has 1 fully saturated rings. The number of aryl methyl sites for hydroxylation is 1. The predicted octanol–water partition coefficient (Wildman–Crippen LogP) is 2.63. The van der Waals surface area contributed by atoms with Gasteiger partial charge in [-0.3, -0.25) is 0 Å². The molecule has 2 rings (SSSR count). The Labute approximate surface area is 123 Å². The van der Waals surface area contributed by atoms with Crippen molar-refractivity contribution in [2.45, 2.75) is 38.6 Å². The second-order valence-electron chi connectivity index (χ2n) is 6.06. The molecule has 20 heavy (non-hydrogen) atoms. The molecule has 1 aliphatic rings. The molecule has 0 amide bonds. The van der Waals surface area contributed by atoms with Crippen LogP contribution in [0.2, 0.25) is 0 Å². The van der Waals surface area contributed by atoms with Gasteiger partial charge in [0.25, 0.3) is 0 Å². The highest BCUT2D eigenvalue weighted by atomic mass is 15.2. The first-order chi connectivity index (χ1) is 9.63. The summed E-state index contributed by atoms with van der Waals surface area (Å²) < 4.78 is 0. The first kappa shape index (κ1) is 15.3. The number of rotatable bonds is 4. The molecule has 0 bridgehead atoms. The van der Waals surface area contributed by atoms with Gasteiger partial charge < -0.3 is 15.5 Å². The van der Waals surface area contributed by atoms with E-state index in [2.05, 4.69) is 55.0 Å². The first-order valence-corrected chi connectivity index (χ1v) is 7.85. The number of hydrogen-bond donors (Lipinski definition) is 1. The minimum Gasteiger partial charge on any atom is -0.367 e. The van der Waals surface area contributed by atoms with Crippen LogP contribution in [-0.2, 0) is 0 Å². The van der Waals surface area contributed by atoms with Crippen molar-refractivity contribution in [3.05, 3.63) is 29.8 Å². The lowest BCUT2D eigenvalue weighted by Crippen LogP contribution is -2.53. The SMILES string of the molecule is CCN1CCCC(CN)(N(C)c2ccccc2C)CC1. The van der Waals surface area contributed by atoms with Crippen LogP contribution in [0.5, 0.6) is 0 Å². The van der Waals surface area contributed by atoms with Crippen molar-refractivity contribution in [2.75, 3.05) is 38.1 Å². The maximum Gasteiger partial charge on any atom is 0.0533 e. The minimum atomic E-state index is 0.107. The molecule has 1 heterocycles. The van der Waals surface area contributed by atoms with Gasteiger partial charge in [-0.25, -0.2) is 0 Å². The van der Waals surface area contributed by atoms with Gasteiger partial charge in [-0.2, -0.15) is 0 Å². The van der Waals surface area contributed by atoms with Gasteiger partial charge in [0, 0.05) is 25.8 Å². The number of nitrogens with two attached hydrogens (primary N) is 1. The summed E-state index contributed by atoms with van der Waals surface area (Å²) in [5, 5.41) is 0. The van der Waals surface area contributed by atoms with Crippen molar-refractivity contribution in [1.82, 2.24) is 4.90 Å². The summed E-state index contributed by atoms with van der Waals surface area (Å²) in [6, 6.07) is 8.63. The standard InChI is InChI=1S/C17H29N3/c1-4-20-12-7-10-17(14-18,11-13-20)19(3)16-9-6-5-8-15(16)2/h5-6,8-9H,4,7,10-14,18H2,1-3H3. The molecule has 0 aromatic heterocycles. The Kier molecular flexibility index (Phi) is 5.06. The Morgan fingerprint density at radius 3 is 2.65 bits per heavy atom. The van der Waals surface area contributed by atoms with E-state index in [1.54, 1.807) is 0 Å². The fraction of sp³-hybridized carbons (Fsp3) is 0.647. The molecule has 2 N–H and O–H groups in total. The predicted molar refractivity (Wildman–Crippen MR) is 87.3 cm³/mol. The zero-order valence-corrected chi connectivity index (χ0v) is 13.2. The third-order valence-corrected chi connectivity index (χ3v) is 5.03. The Hall–Kier alpha value is -1.06. The third-order valence-electron chi connectivity index (χ3n) is 5.03. The average Bonchev–Trinajstić information content (AvgIpc) is 2.70. The van der Waals surface area contributed by atoms with E-state index in [0.29, 0.717) is 0 Å². The van der Waals surface area contributed by atoms with Gasteiger partial charge in [-0.05, 0) is 50.9 Å². The Balaban J connectivity index is 2.24. The number of benzene rings is 1. The van der Waals surface area contributed by atoms with Crippen molar-refractivity contribution in [3.63, 3.8) is 0 Å². The van der Waals surface area contributed by atoms with E-state index in [-0.39, 0.29) is 5.54 Å². The fourth-order valence-corrected chi connectivity index (χ4v) is 3.42. The summed E-state index contributed by atoms with van der Waals surface area (Å²) in [6.45, 7) is 8.68. The molecular formula is C17H29N3. The molecule has 3 nitrogen and oxygen atoms in total. The van der Waals surface area contributed by atoms with Crippen molar-refractivity contribution < 1.29 is 0 Å². The van der Waals surface area contributed by atoms with Gasteiger partial charge in [-0.1, -0.05) is 25.1 Å². The van der Waals surface area contributed by atoms with E-state index in [1.165, 1.54) is 30.6 Å². The van der Waals surface area contributed by atoms with E-state index in [0.717, 1.165) is 26.1 Å². The molecule has 1 aromatic rings. The number of para-hydroxylation sites is 1. The first-order valence-electron chi connectivity index (χ1n) is 7.85. The Bertz CT molecular complexity index is 432. The highest BCUT2D eigenvalue weighted by molar-refractivity contribution is 5.54. The van der Waals surface area contributed by atoms with Gasteiger partial charge in [0.05, 0.1) is 5.54 Å².